The Morgan fingerprint density at radius 2 is 1.82 bits per heavy atom. The van der Waals surface area contributed by atoms with E-state index in [9.17, 15) is 4.79 Å². The molecule has 0 unspecified atom stereocenters. The molecule has 1 aliphatic rings. The third kappa shape index (κ3) is 3.47. The van der Waals surface area contributed by atoms with Gasteiger partial charge in [-0.15, -0.1) is 0 Å². The molecule has 0 bridgehead atoms. The lowest BCUT2D eigenvalue weighted by atomic mass is 10.1. The number of esters is 1. The van der Waals surface area contributed by atoms with Crippen LogP contribution in [-0.2, 0) is 9.53 Å². The SMILES string of the molecule is CCOc1cc(C=C2N=C(c3ccc4ccccc4c3)OC2=O)ccc1OC. The Balaban J connectivity index is 1.67. The van der Waals surface area contributed by atoms with Crippen LogP contribution in [0.2, 0.25) is 0 Å². The molecule has 0 aromatic heterocycles. The van der Waals surface area contributed by atoms with Crippen molar-refractivity contribution in [1.29, 1.82) is 0 Å². The minimum atomic E-state index is -0.475. The van der Waals surface area contributed by atoms with Gasteiger partial charge in [-0.05, 0) is 53.6 Å². The number of ether oxygens (including phenoxy) is 3. The number of benzene rings is 3. The van der Waals surface area contributed by atoms with Gasteiger partial charge in [-0.2, -0.15) is 0 Å². The maximum atomic E-state index is 12.3. The molecule has 0 N–H and O–H groups in total. The first-order valence-electron chi connectivity index (χ1n) is 9.00. The summed E-state index contributed by atoms with van der Waals surface area (Å²) in [5.74, 6) is 1.08. The predicted molar refractivity (Wildman–Crippen MR) is 109 cm³/mol. The van der Waals surface area contributed by atoms with Crippen molar-refractivity contribution in [2.75, 3.05) is 13.7 Å². The van der Waals surface area contributed by atoms with Crippen molar-refractivity contribution in [2.24, 2.45) is 4.99 Å². The minimum Gasteiger partial charge on any atom is -0.493 e. The monoisotopic (exact) mass is 373 g/mol. The van der Waals surface area contributed by atoms with Crippen molar-refractivity contribution < 1.29 is 19.0 Å². The third-order valence-corrected chi connectivity index (χ3v) is 4.41. The summed E-state index contributed by atoms with van der Waals surface area (Å²) >= 11 is 0. The number of carbonyl (C=O) groups is 1. The number of hydrogen-bond acceptors (Lipinski definition) is 5. The number of fused-ring (bicyclic) bond motifs is 1. The van der Waals surface area contributed by atoms with Gasteiger partial charge in [0.1, 0.15) is 0 Å². The van der Waals surface area contributed by atoms with Crippen LogP contribution in [0.4, 0.5) is 0 Å². The molecule has 3 aromatic carbocycles. The maximum Gasteiger partial charge on any atom is 0.363 e. The first kappa shape index (κ1) is 17.8. The Hall–Kier alpha value is -3.60. The Morgan fingerprint density at radius 1 is 1.00 bits per heavy atom. The van der Waals surface area contributed by atoms with E-state index in [1.54, 1.807) is 19.3 Å². The van der Waals surface area contributed by atoms with Crippen LogP contribution in [0, 0.1) is 0 Å². The van der Waals surface area contributed by atoms with E-state index in [0.717, 1.165) is 21.9 Å². The minimum absolute atomic E-state index is 0.246. The molecule has 28 heavy (non-hydrogen) atoms. The standard InChI is InChI=1S/C23H19NO4/c1-3-27-21-13-15(8-11-20(21)26-2)12-19-23(25)28-22(24-19)18-10-9-16-6-4-5-7-17(16)14-18/h4-14H,3H2,1-2H3. The molecule has 0 radical (unpaired) electrons. The molecular weight excluding hydrogens is 354 g/mol. The van der Waals surface area contributed by atoms with E-state index >= 15 is 0 Å². The number of carbonyl (C=O) groups excluding carboxylic acids is 1. The Bertz CT molecular complexity index is 1110. The van der Waals surface area contributed by atoms with Crippen molar-refractivity contribution >= 4 is 28.7 Å². The van der Waals surface area contributed by atoms with E-state index in [4.69, 9.17) is 14.2 Å². The molecule has 1 aliphatic heterocycles. The zero-order valence-electron chi connectivity index (χ0n) is 15.6. The molecule has 0 fully saturated rings. The maximum absolute atomic E-state index is 12.3. The van der Waals surface area contributed by atoms with Crippen LogP contribution in [0.15, 0.2) is 71.4 Å². The van der Waals surface area contributed by atoms with Gasteiger partial charge in [-0.1, -0.05) is 36.4 Å². The molecular formula is C23H19NO4. The molecule has 5 nitrogen and oxygen atoms in total. The number of hydrogen-bond donors (Lipinski definition) is 0. The summed E-state index contributed by atoms with van der Waals surface area (Å²) in [5, 5.41) is 2.18. The molecule has 4 rings (SSSR count). The summed E-state index contributed by atoms with van der Waals surface area (Å²) in [6.45, 7) is 2.42. The van der Waals surface area contributed by atoms with Crippen LogP contribution in [-0.4, -0.2) is 25.6 Å². The number of methoxy groups -OCH3 is 1. The fourth-order valence-corrected chi connectivity index (χ4v) is 3.06. The molecule has 1 heterocycles. The van der Waals surface area contributed by atoms with Gasteiger partial charge in [-0.25, -0.2) is 9.79 Å². The average molecular weight is 373 g/mol. The highest BCUT2D eigenvalue weighted by atomic mass is 16.6. The molecule has 0 amide bonds. The molecule has 0 spiro atoms. The second kappa shape index (κ2) is 7.56. The van der Waals surface area contributed by atoms with Crippen molar-refractivity contribution in [3.05, 3.63) is 77.5 Å². The molecule has 5 heteroatoms. The van der Waals surface area contributed by atoms with Crippen LogP contribution in [0.5, 0.6) is 11.5 Å². The first-order valence-corrected chi connectivity index (χ1v) is 9.00. The van der Waals surface area contributed by atoms with Gasteiger partial charge in [0.15, 0.2) is 17.2 Å². The fourth-order valence-electron chi connectivity index (χ4n) is 3.06. The molecule has 140 valence electrons. The summed E-state index contributed by atoms with van der Waals surface area (Å²) in [7, 11) is 1.59. The van der Waals surface area contributed by atoms with E-state index in [0.29, 0.717) is 24.0 Å². The van der Waals surface area contributed by atoms with Crippen molar-refractivity contribution in [3.63, 3.8) is 0 Å². The number of rotatable bonds is 5. The predicted octanol–water partition coefficient (Wildman–Crippen LogP) is 4.59. The number of cyclic esters (lactones) is 1. The summed E-state index contributed by atoms with van der Waals surface area (Å²) in [6.07, 6.45) is 1.68. The quantitative estimate of drug-likeness (QED) is 0.485. The van der Waals surface area contributed by atoms with Crippen molar-refractivity contribution in [2.45, 2.75) is 6.92 Å². The highest BCUT2D eigenvalue weighted by molar-refractivity contribution is 6.13. The van der Waals surface area contributed by atoms with E-state index in [-0.39, 0.29) is 5.70 Å². The van der Waals surface area contributed by atoms with E-state index in [2.05, 4.69) is 4.99 Å². The molecule has 0 saturated carbocycles. The molecule has 0 saturated heterocycles. The first-order chi connectivity index (χ1) is 13.7. The average Bonchev–Trinajstić information content (AvgIpc) is 3.08. The molecule has 3 aromatic rings. The van der Waals surface area contributed by atoms with Crippen LogP contribution in [0.25, 0.3) is 16.8 Å². The lowest BCUT2D eigenvalue weighted by Crippen LogP contribution is -2.05. The van der Waals surface area contributed by atoms with Gasteiger partial charge < -0.3 is 14.2 Å². The highest BCUT2D eigenvalue weighted by Gasteiger charge is 2.24. The summed E-state index contributed by atoms with van der Waals surface area (Å²) in [5.41, 5.74) is 1.79. The van der Waals surface area contributed by atoms with Gasteiger partial charge in [-0.3, -0.25) is 0 Å². The smallest absolute Gasteiger partial charge is 0.363 e. The zero-order valence-corrected chi connectivity index (χ0v) is 15.6. The van der Waals surface area contributed by atoms with Gasteiger partial charge >= 0.3 is 5.97 Å². The van der Waals surface area contributed by atoms with Crippen LogP contribution in [0.3, 0.4) is 0 Å². The summed E-state index contributed by atoms with van der Waals surface area (Å²) in [6, 6.07) is 19.3. The Morgan fingerprint density at radius 3 is 2.61 bits per heavy atom. The van der Waals surface area contributed by atoms with Gasteiger partial charge in [0.25, 0.3) is 0 Å². The normalized spacial score (nSPS) is 14.9. The number of nitrogens with zero attached hydrogens (tertiary/aromatic N) is 1. The second-order valence-electron chi connectivity index (χ2n) is 6.24. The van der Waals surface area contributed by atoms with Crippen molar-refractivity contribution in [1.82, 2.24) is 0 Å². The van der Waals surface area contributed by atoms with Gasteiger partial charge in [0, 0.05) is 5.56 Å². The zero-order chi connectivity index (χ0) is 19.5. The Kier molecular flexibility index (Phi) is 4.81. The summed E-state index contributed by atoms with van der Waals surface area (Å²) in [4.78, 5) is 16.7. The van der Waals surface area contributed by atoms with Gasteiger partial charge in [0.2, 0.25) is 5.90 Å². The van der Waals surface area contributed by atoms with E-state index in [1.807, 2.05) is 61.5 Å². The largest absolute Gasteiger partial charge is 0.493 e. The third-order valence-electron chi connectivity index (χ3n) is 4.41. The van der Waals surface area contributed by atoms with Crippen LogP contribution < -0.4 is 9.47 Å². The lowest BCUT2D eigenvalue weighted by Gasteiger charge is -2.09. The summed E-state index contributed by atoms with van der Waals surface area (Å²) < 4.78 is 16.3. The van der Waals surface area contributed by atoms with E-state index in [1.165, 1.54) is 0 Å². The van der Waals surface area contributed by atoms with E-state index < -0.39 is 5.97 Å². The van der Waals surface area contributed by atoms with Crippen LogP contribution in [0.1, 0.15) is 18.1 Å². The van der Waals surface area contributed by atoms with Crippen LogP contribution >= 0.6 is 0 Å². The topological polar surface area (TPSA) is 57.1 Å². The molecule has 0 atom stereocenters. The molecule has 0 aliphatic carbocycles. The highest BCUT2D eigenvalue weighted by Crippen LogP contribution is 2.30. The van der Waals surface area contributed by atoms with Gasteiger partial charge in [0.05, 0.1) is 13.7 Å². The fraction of sp³-hybridized carbons (Fsp3) is 0.130. The lowest BCUT2D eigenvalue weighted by molar-refractivity contribution is -0.129. The number of aliphatic imine (C=N–C) groups is 1. The van der Waals surface area contributed by atoms with Crippen molar-refractivity contribution in [3.8, 4) is 11.5 Å². The second-order valence-corrected chi connectivity index (χ2v) is 6.24. The Labute approximate surface area is 162 Å².